The second-order valence-corrected chi connectivity index (χ2v) is 11.0. The first-order valence-electron chi connectivity index (χ1n) is 12.1. The second-order valence-electron chi connectivity index (χ2n) is 8.72. The molecule has 0 bridgehead atoms. The molecule has 1 saturated carbocycles. The standard InChI is InChI=1S/C25H35NO7S/c1-3-14-32-22-11-9-19(16-23(22)31-4-2)10-12-25(28)33-17-24(27)26(20-7-5-6-8-20)21-13-15-34(29,30)18-21/h9-12,16,20-21H,3-8,13-15,17-18H2,1-2H3/b12-10+. The first-order chi connectivity index (χ1) is 16.3. The van der Waals surface area contributed by atoms with E-state index in [2.05, 4.69) is 0 Å². The van der Waals surface area contributed by atoms with Crippen LogP contribution < -0.4 is 9.47 Å². The Morgan fingerprint density at radius 1 is 1.06 bits per heavy atom. The number of ether oxygens (including phenoxy) is 3. The third-order valence-corrected chi connectivity index (χ3v) is 7.84. The lowest BCUT2D eigenvalue weighted by Gasteiger charge is -2.33. The third kappa shape index (κ3) is 7.22. The van der Waals surface area contributed by atoms with Gasteiger partial charge in [-0.1, -0.05) is 25.8 Å². The maximum Gasteiger partial charge on any atom is 0.331 e. The zero-order chi connectivity index (χ0) is 24.6. The van der Waals surface area contributed by atoms with Crippen LogP contribution in [0.2, 0.25) is 0 Å². The fourth-order valence-corrected chi connectivity index (χ4v) is 6.24. The zero-order valence-corrected chi connectivity index (χ0v) is 20.8. The number of hydrogen-bond acceptors (Lipinski definition) is 7. The summed E-state index contributed by atoms with van der Waals surface area (Å²) in [5.74, 6) is 0.372. The van der Waals surface area contributed by atoms with Crippen molar-refractivity contribution in [3.63, 3.8) is 0 Å². The van der Waals surface area contributed by atoms with Gasteiger partial charge >= 0.3 is 5.97 Å². The summed E-state index contributed by atoms with van der Waals surface area (Å²) in [6.07, 6.45) is 7.94. The molecule has 1 amide bonds. The van der Waals surface area contributed by atoms with Gasteiger partial charge in [-0.3, -0.25) is 4.79 Å². The molecule has 2 aliphatic rings. The minimum atomic E-state index is -3.12. The van der Waals surface area contributed by atoms with Gasteiger partial charge in [0, 0.05) is 18.2 Å². The topological polar surface area (TPSA) is 99.2 Å². The van der Waals surface area contributed by atoms with E-state index in [1.165, 1.54) is 6.08 Å². The molecule has 0 aromatic heterocycles. The van der Waals surface area contributed by atoms with Gasteiger partial charge in [0.1, 0.15) is 0 Å². The maximum atomic E-state index is 12.9. The molecule has 1 aliphatic heterocycles. The molecule has 1 atom stereocenters. The molecule has 9 heteroatoms. The summed E-state index contributed by atoms with van der Waals surface area (Å²) in [6.45, 7) is 4.58. The molecule has 188 valence electrons. The van der Waals surface area contributed by atoms with Crippen LogP contribution >= 0.6 is 0 Å². The van der Waals surface area contributed by atoms with Gasteiger partial charge in [0.25, 0.3) is 5.91 Å². The Bertz CT molecular complexity index is 983. The van der Waals surface area contributed by atoms with E-state index in [9.17, 15) is 18.0 Å². The molecule has 0 spiro atoms. The second kappa shape index (κ2) is 12.2. The van der Waals surface area contributed by atoms with Gasteiger partial charge in [-0.2, -0.15) is 0 Å². The van der Waals surface area contributed by atoms with Crippen molar-refractivity contribution < 1.29 is 32.2 Å². The van der Waals surface area contributed by atoms with Crippen molar-refractivity contribution in [2.24, 2.45) is 0 Å². The zero-order valence-electron chi connectivity index (χ0n) is 20.0. The van der Waals surface area contributed by atoms with Crippen LogP contribution in [0.15, 0.2) is 24.3 Å². The summed E-state index contributed by atoms with van der Waals surface area (Å²) < 4.78 is 40.4. The van der Waals surface area contributed by atoms with Crippen molar-refractivity contribution in [3.05, 3.63) is 29.8 Å². The van der Waals surface area contributed by atoms with Crippen molar-refractivity contribution in [1.29, 1.82) is 0 Å². The summed E-state index contributed by atoms with van der Waals surface area (Å²) in [5, 5.41) is 0. The van der Waals surface area contributed by atoms with Crippen LogP contribution in [0.3, 0.4) is 0 Å². The minimum absolute atomic E-state index is 0.0107. The van der Waals surface area contributed by atoms with E-state index in [1.807, 2.05) is 19.9 Å². The number of sulfone groups is 1. The Hall–Kier alpha value is -2.55. The molecule has 1 saturated heterocycles. The van der Waals surface area contributed by atoms with Crippen LogP contribution in [0, 0.1) is 0 Å². The van der Waals surface area contributed by atoms with Crippen LogP contribution in [-0.4, -0.2) is 68.6 Å². The van der Waals surface area contributed by atoms with Gasteiger partial charge in [-0.25, -0.2) is 13.2 Å². The quantitative estimate of drug-likeness (QED) is 0.344. The molecule has 0 radical (unpaired) electrons. The van der Waals surface area contributed by atoms with E-state index >= 15 is 0 Å². The van der Waals surface area contributed by atoms with Crippen molar-refractivity contribution in [3.8, 4) is 11.5 Å². The van der Waals surface area contributed by atoms with Crippen molar-refractivity contribution in [2.45, 2.75) is 64.5 Å². The predicted molar refractivity (Wildman–Crippen MR) is 130 cm³/mol. The number of nitrogens with zero attached hydrogens (tertiary/aromatic N) is 1. The van der Waals surface area contributed by atoms with Gasteiger partial charge in [-0.15, -0.1) is 0 Å². The Balaban J connectivity index is 1.59. The van der Waals surface area contributed by atoms with Gasteiger partial charge in [0.2, 0.25) is 0 Å². The van der Waals surface area contributed by atoms with Gasteiger partial charge in [0.15, 0.2) is 27.9 Å². The minimum Gasteiger partial charge on any atom is -0.490 e. The summed E-state index contributed by atoms with van der Waals surface area (Å²) in [5.41, 5.74) is 0.735. The Labute approximate surface area is 202 Å². The highest BCUT2D eigenvalue weighted by molar-refractivity contribution is 7.91. The van der Waals surface area contributed by atoms with E-state index in [0.717, 1.165) is 37.7 Å². The normalized spacial score (nSPS) is 19.9. The van der Waals surface area contributed by atoms with Crippen LogP contribution in [0.4, 0.5) is 0 Å². The van der Waals surface area contributed by atoms with Crippen LogP contribution in [-0.2, 0) is 24.2 Å². The summed E-state index contributed by atoms with van der Waals surface area (Å²) >= 11 is 0. The fraction of sp³-hybridized carbons (Fsp3) is 0.600. The first kappa shape index (κ1) is 26.1. The number of rotatable bonds is 11. The van der Waals surface area contributed by atoms with E-state index in [-0.39, 0.29) is 29.5 Å². The average molecular weight is 494 g/mol. The molecular formula is C25H35NO7S. The summed E-state index contributed by atoms with van der Waals surface area (Å²) in [7, 11) is -3.12. The summed E-state index contributed by atoms with van der Waals surface area (Å²) in [4.78, 5) is 26.9. The number of carbonyl (C=O) groups excluding carboxylic acids is 2. The van der Waals surface area contributed by atoms with E-state index in [4.69, 9.17) is 14.2 Å². The molecule has 1 heterocycles. The highest BCUT2D eigenvalue weighted by atomic mass is 32.2. The number of esters is 1. The molecular weight excluding hydrogens is 458 g/mol. The van der Waals surface area contributed by atoms with Gasteiger partial charge in [-0.05, 0) is 56.4 Å². The smallest absolute Gasteiger partial charge is 0.331 e. The molecule has 1 aliphatic carbocycles. The fourth-order valence-electron chi connectivity index (χ4n) is 4.53. The number of benzene rings is 1. The molecule has 1 unspecified atom stereocenters. The van der Waals surface area contributed by atoms with Crippen LogP contribution in [0.1, 0.15) is 57.9 Å². The molecule has 3 rings (SSSR count). The highest BCUT2D eigenvalue weighted by Crippen LogP contribution is 2.30. The lowest BCUT2D eigenvalue weighted by Crippen LogP contribution is -2.48. The third-order valence-electron chi connectivity index (χ3n) is 6.09. The van der Waals surface area contributed by atoms with Gasteiger partial charge < -0.3 is 19.1 Å². The van der Waals surface area contributed by atoms with Crippen LogP contribution in [0.5, 0.6) is 11.5 Å². The van der Waals surface area contributed by atoms with E-state index < -0.39 is 22.4 Å². The average Bonchev–Trinajstić information content (AvgIpc) is 3.46. The molecule has 0 N–H and O–H groups in total. The molecule has 1 aromatic carbocycles. The van der Waals surface area contributed by atoms with Crippen LogP contribution in [0.25, 0.3) is 6.08 Å². The number of hydrogen-bond donors (Lipinski definition) is 0. The molecule has 2 fully saturated rings. The number of carbonyl (C=O) groups is 2. The Morgan fingerprint density at radius 2 is 1.82 bits per heavy atom. The van der Waals surface area contributed by atoms with Crippen molar-refractivity contribution >= 4 is 27.8 Å². The summed E-state index contributed by atoms with van der Waals surface area (Å²) in [6, 6.07) is 5.08. The highest BCUT2D eigenvalue weighted by Gasteiger charge is 2.39. The Morgan fingerprint density at radius 3 is 2.47 bits per heavy atom. The van der Waals surface area contributed by atoms with Crippen molar-refractivity contribution in [2.75, 3.05) is 31.3 Å². The lowest BCUT2D eigenvalue weighted by molar-refractivity contribution is -0.150. The molecule has 8 nitrogen and oxygen atoms in total. The lowest BCUT2D eigenvalue weighted by atomic mass is 10.1. The van der Waals surface area contributed by atoms with Crippen molar-refractivity contribution in [1.82, 2.24) is 4.90 Å². The van der Waals surface area contributed by atoms with Gasteiger partial charge in [0.05, 0.1) is 24.7 Å². The first-order valence-corrected chi connectivity index (χ1v) is 13.9. The Kier molecular flexibility index (Phi) is 9.38. The largest absolute Gasteiger partial charge is 0.490 e. The predicted octanol–water partition coefficient (Wildman–Crippen LogP) is 3.39. The maximum absolute atomic E-state index is 12.9. The number of amides is 1. The molecule has 34 heavy (non-hydrogen) atoms. The van der Waals surface area contributed by atoms with E-state index in [0.29, 0.717) is 31.1 Å². The molecule has 1 aromatic rings. The van der Waals surface area contributed by atoms with E-state index in [1.54, 1.807) is 23.1 Å². The monoisotopic (exact) mass is 493 g/mol. The SMILES string of the molecule is CCCOc1ccc(/C=C/C(=O)OCC(=O)N(C2CCCC2)C2CCS(=O)(=O)C2)cc1OCC.